The Bertz CT molecular complexity index is 845. The molecule has 0 atom stereocenters. The lowest BCUT2D eigenvalue weighted by Gasteiger charge is -2.21. The lowest BCUT2D eigenvalue weighted by atomic mass is 10.2. The van der Waals surface area contributed by atoms with Gasteiger partial charge >= 0.3 is 0 Å². The average Bonchev–Trinajstić information content (AvgIpc) is 2.53. The third-order valence-electron chi connectivity index (χ3n) is 3.57. The first-order valence-electron chi connectivity index (χ1n) is 7.27. The number of carbonyl (C=O) groups excluding carboxylic acids is 1. The molecule has 0 fully saturated rings. The van der Waals surface area contributed by atoms with Crippen molar-refractivity contribution in [1.82, 2.24) is 0 Å². The van der Waals surface area contributed by atoms with Crippen LogP contribution in [-0.2, 0) is 14.8 Å². The quantitative estimate of drug-likeness (QED) is 0.901. The molecule has 0 saturated heterocycles. The molecule has 0 aliphatic heterocycles. The van der Waals surface area contributed by atoms with Crippen molar-refractivity contribution in [3.05, 3.63) is 48.0 Å². The summed E-state index contributed by atoms with van der Waals surface area (Å²) in [6.45, 7) is 3.14. The highest BCUT2D eigenvalue weighted by Gasteiger charge is 2.23. The van der Waals surface area contributed by atoms with Crippen LogP contribution >= 0.6 is 0 Å². The molecule has 128 valence electrons. The highest BCUT2D eigenvalue weighted by molar-refractivity contribution is 7.92. The van der Waals surface area contributed by atoms with E-state index in [4.69, 9.17) is 4.74 Å². The zero-order valence-electron chi connectivity index (χ0n) is 14.0. The molecule has 7 heteroatoms. The highest BCUT2D eigenvalue weighted by Crippen LogP contribution is 2.27. The van der Waals surface area contributed by atoms with Gasteiger partial charge in [-0.3, -0.25) is 9.10 Å². The number of nitrogens with one attached hydrogen (secondary N) is 1. The zero-order chi connectivity index (χ0) is 17.9. The van der Waals surface area contributed by atoms with Crippen molar-refractivity contribution in [2.45, 2.75) is 18.7 Å². The fraction of sp³-hybridized carbons (Fsp3) is 0.235. The fourth-order valence-electron chi connectivity index (χ4n) is 2.28. The van der Waals surface area contributed by atoms with Crippen molar-refractivity contribution in [3.63, 3.8) is 0 Å². The summed E-state index contributed by atoms with van der Waals surface area (Å²) in [5.41, 5.74) is 1.72. The van der Waals surface area contributed by atoms with E-state index in [2.05, 4.69) is 5.32 Å². The standard InChI is InChI=1S/C17H20N2O4S/c1-12-11-16(23-4)9-10-17(12)24(21,22)19(3)15-7-5-14(6-8-15)18-13(2)20/h5-11H,1-4H3,(H,18,20). The molecule has 0 aromatic heterocycles. The first-order valence-corrected chi connectivity index (χ1v) is 8.71. The summed E-state index contributed by atoms with van der Waals surface area (Å²) in [7, 11) is -0.667. The Hall–Kier alpha value is -2.54. The maximum absolute atomic E-state index is 12.8. The van der Waals surface area contributed by atoms with Crippen LogP contribution in [0.3, 0.4) is 0 Å². The summed E-state index contributed by atoms with van der Waals surface area (Å²) in [6.07, 6.45) is 0. The molecule has 0 unspecified atom stereocenters. The van der Waals surface area contributed by atoms with Crippen molar-refractivity contribution >= 4 is 27.3 Å². The van der Waals surface area contributed by atoms with Gasteiger partial charge in [0.2, 0.25) is 5.91 Å². The van der Waals surface area contributed by atoms with Gasteiger partial charge in [-0.05, 0) is 55.0 Å². The summed E-state index contributed by atoms with van der Waals surface area (Å²) in [6, 6.07) is 11.4. The second kappa shape index (κ2) is 6.92. The van der Waals surface area contributed by atoms with Crippen LogP contribution in [-0.4, -0.2) is 28.5 Å². The van der Waals surface area contributed by atoms with Gasteiger partial charge in [0, 0.05) is 19.7 Å². The molecule has 0 aliphatic rings. The number of carbonyl (C=O) groups is 1. The normalized spacial score (nSPS) is 11.0. The summed E-state index contributed by atoms with van der Waals surface area (Å²) in [4.78, 5) is 11.3. The Kier molecular flexibility index (Phi) is 5.14. The van der Waals surface area contributed by atoms with Crippen molar-refractivity contribution in [2.75, 3.05) is 23.8 Å². The lowest BCUT2D eigenvalue weighted by molar-refractivity contribution is -0.114. The molecule has 2 aromatic rings. The smallest absolute Gasteiger partial charge is 0.264 e. The van der Waals surface area contributed by atoms with E-state index in [1.807, 2.05) is 0 Å². The van der Waals surface area contributed by atoms with Crippen molar-refractivity contribution < 1.29 is 17.9 Å². The second-order valence-corrected chi connectivity index (χ2v) is 7.27. The molecule has 2 aromatic carbocycles. The minimum atomic E-state index is -3.69. The number of hydrogen-bond donors (Lipinski definition) is 1. The molecule has 1 N–H and O–H groups in total. The van der Waals surface area contributed by atoms with Crippen LogP contribution < -0.4 is 14.4 Å². The van der Waals surface area contributed by atoms with Gasteiger partial charge < -0.3 is 10.1 Å². The Balaban J connectivity index is 2.33. The third-order valence-corrected chi connectivity index (χ3v) is 5.52. The van der Waals surface area contributed by atoms with Crippen LogP contribution in [0.1, 0.15) is 12.5 Å². The van der Waals surface area contributed by atoms with Crippen molar-refractivity contribution in [1.29, 1.82) is 0 Å². The maximum Gasteiger partial charge on any atom is 0.264 e. The number of amides is 1. The Morgan fingerprint density at radius 3 is 2.25 bits per heavy atom. The van der Waals surface area contributed by atoms with E-state index in [9.17, 15) is 13.2 Å². The number of aryl methyl sites for hydroxylation is 1. The molecule has 2 rings (SSSR count). The fourth-order valence-corrected chi connectivity index (χ4v) is 3.68. The van der Waals surface area contributed by atoms with Crippen LogP contribution in [0.5, 0.6) is 5.75 Å². The van der Waals surface area contributed by atoms with Crippen molar-refractivity contribution in [2.24, 2.45) is 0 Å². The molecular weight excluding hydrogens is 328 g/mol. The van der Waals surface area contributed by atoms with E-state index in [0.29, 0.717) is 22.7 Å². The predicted octanol–water partition coefficient (Wildman–Crippen LogP) is 2.79. The van der Waals surface area contributed by atoms with Gasteiger partial charge in [-0.1, -0.05) is 0 Å². The van der Waals surface area contributed by atoms with E-state index in [0.717, 1.165) is 0 Å². The molecule has 0 radical (unpaired) electrons. The second-order valence-electron chi connectivity index (χ2n) is 5.33. The molecule has 6 nitrogen and oxygen atoms in total. The zero-order valence-corrected chi connectivity index (χ0v) is 14.8. The highest BCUT2D eigenvalue weighted by atomic mass is 32.2. The summed E-state index contributed by atoms with van der Waals surface area (Å²) in [5.74, 6) is 0.423. The molecule has 24 heavy (non-hydrogen) atoms. The molecular formula is C17H20N2O4S. The van der Waals surface area contributed by atoms with Gasteiger partial charge in [-0.25, -0.2) is 8.42 Å². The number of benzene rings is 2. The monoisotopic (exact) mass is 348 g/mol. The van der Waals surface area contributed by atoms with Gasteiger partial charge in [0.25, 0.3) is 10.0 Å². The maximum atomic E-state index is 12.8. The van der Waals surface area contributed by atoms with Gasteiger partial charge in [0.15, 0.2) is 0 Å². The number of anilines is 2. The first-order chi connectivity index (χ1) is 11.3. The first kappa shape index (κ1) is 17.8. The number of ether oxygens (including phenoxy) is 1. The summed E-state index contributed by atoms with van der Waals surface area (Å²) < 4.78 is 32.0. The van der Waals surface area contributed by atoms with Gasteiger partial charge in [0.05, 0.1) is 17.7 Å². The van der Waals surface area contributed by atoms with Crippen LogP contribution in [0.15, 0.2) is 47.4 Å². The van der Waals surface area contributed by atoms with E-state index in [1.54, 1.807) is 43.3 Å². The third kappa shape index (κ3) is 3.68. The molecule has 0 saturated carbocycles. The van der Waals surface area contributed by atoms with Gasteiger partial charge in [-0.15, -0.1) is 0 Å². The van der Waals surface area contributed by atoms with Crippen LogP contribution in [0, 0.1) is 6.92 Å². The number of rotatable bonds is 5. The van der Waals surface area contributed by atoms with E-state index in [1.165, 1.54) is 31.5 Å². The van der Waals surface area contributed by atoms with E-state index >= 15 is 0 Å². The lowest BCUT2D eigenvalue weighted by Crippen LogP contribution is -2.27. The molecule has 0 aliphatic carbocycles. The predicted molar refractivity (Wildman–Crippen MR) is 94.1 cm³/mol. The van der Waals surface area contributed by atoms with E-state index in [-0.39, 0.29) is 10.8 Å². The molecule has 1 amide bonds. The molecule has 0 spiro atoms. The van der Waals surface area contributed by atoms with E-state index < -0.39 is 10.0 Å². The Morgan fingerprint density at radius 2 is 1.75 bits per heavy atom. The van der Waals surface area contributed by atoms with Crippen LogP contribution in [0.4, 0.5) is 11.4 Å². The topological polar surface area (TPSA) is 75.7 Å². The number of sulfonamides is 1. The number of methoxy groups -OCH3 is 1. The van der Waals surface area contributed by atoms with Crippen LogP contribution in [0.25, 0.3) is 0 Å². The Morgan fingerprint density at radius 1 is 1.12 bits per heavy atom. The van der Waals surface area contributed by atoms with Crippen LogP contribution in [0.2, 0.25) is 0 Å². The average molecular weight is 348 g/mol. The summed E-state index contributed by atoms with van der Waals surface area (Å²) >= 11 is 0. The largest absolute Gasteiger partial charge is 0.497 e. The number of hydrogen-bond acceptors (Lipinski definition) is 4. The Labute approximate surface area is 142 Å². The summed E-state index contributed by atoms with van der Waals surface area (Å²) in [5, 5.41) is 2.64. The molecule has 0 bridgehead atoms. The minimum Gasteiger partial charge on any atom is -0.497 e. The van der Waals surface area contributed by atoms with Gasteiger partial charge in [-0.2, -0.15) is 0 Å². The minimum absolute atomic E-state index is 0.183. The van der Waals surface area contributed by atoms with Crippen molar-refractivity contribution in [3.8, 4) is 5.75 Å². The SMILES string of the molecule is COc1ccc(S(=O)(=O)N(C)c2ccc(NC(C)=O)cc2)c(C)c1. The van der Waals surface area contributed by atoms with Gasteiger partial charge in [0.1, 0.15) is 5.75 Å². The molecule has 0 heterocycles. The number of nitrogens with zero attached hydrogens (tertiary/aromatic N) is 1.